The van der Waals surface area contributed by atoms with Crippen molar-refractivity contribution in [1.29, 1.82) is 0 Å². The molecule has 0 saturated heterocycles. The molecule has 0 atom stereocenters. The summed E-state index contributed by atoms with van der Waals surface area (Å²) in [6, 6.07) is 11.1. The van der Waals surface area contributed by atoms with Crippen LogP contribution in [0.15, 0.2) is 40.9 Å². The summed E-state index contributed by atoms with van der Waals surface area (Å²) in [5.41, 5.74) is 15.6. The fraction of sp³-hybridized carbons (Fsp3) is 0. The topological polar surface area (TPSA) is 52.0 Å². The first-order chi connectivity index (χ1) is 7.58. The monoisotopic (exact) mass is 272 g/mol. The average molecular weight is 273 g/mol. The molecule has 0 aromatic heterocycles. The zero-order valence-electron chi connectivity index (χ0n) is 8.57. The lowest BCUT2D eigenvalue weighted by atomic mass is 9.92. The Morgan fingerprint density at radius 3 is 2.00 bits per heavy atom. The number of anilines is 2. The van der Waals surface area contributed by atoms with Crippen LogP contribution in [0.25, 0.3) is 11.1 Å². The van der Waals surface area contributed by atoms with E-state index in [0.717, 1.165) is 15.6 Å². The van der Waals surface area contributed by atoms with E-state index in [4.69, 9.17) is 19.3 Å². The van der Waals surface area contributed by atoms with Gasteiger partial charge in [0.25, 0.3) is 0 Å². The van der Waals surface area contributed by atoms with Crippen molar-refractivity contribution < 1.29 is 0 Å². The molecule has 4 heteroatoms. The first-order valence-electron chi connectivity index (χ1n) is 4.78. The lowest BCUT2D eigenvalue weighted by Crippen LogP contribution is -2.04. The van der Waals surface area contributed by atoms with E-state index >= 15 is 0 Å². The van der Waals surface area contributed by atoms with Crippen LogP contribution >= 0.6 is 15.9 Å². The van der Waals surface area contributed by atoms with Crippen molar-refractivity contribution in [3.63, 3.8) is 0 Å². The van der Waals surface area contributed by atoms with Gasteiger partial charge in [-0.2, -0.15) is 0 Å². The molecule has 0 heterocycles. The minimum Gasteiger partial charge on any atom is -0.398 e. The van der Waals surface area contributed by atoms with Crippen LogP contribution in [0.3, 0.4) is 0 Å². The Hall–Kier alpha value is -1.42. The molecule has 16 heavy (non-hydrogen) atoms. The van der Waals surface area contributed by atoms with Gasteiger partial charge in [0.05, 0.1) is 0 Å². The van der Waals surface area contributed by atoms with Crippen molar-refractivity contribution in [2.24, 2.45) is 0 Å². The Kier molecular flexibility index (Phi) is 2.92. The largest absolute Gasteiger partial charge is 0.398 e. The van der Waals surface area contributed by atoms with Crippen LogP contribution < -0.4 is 16.9 Å². The molecule has 2 nitrogen and oxygen atoms in total. The normalized spacial score (nSPS) is 10.3. The Morgan fingerprint density at radius 1 is 0.875 bits per heavy atom. The second-order valence-electron chi connectivity index (χ2n) is 3.58. The Bertz CT molecular complexity index is 491. The fourth-order valence-corrected chi connectivity index (χ4v) is 1.98. The summed E-state index contributed by atoms with van der Waals surface area (Å²) in [5, 5.41) is 0. The van der Waals surface area contributed by atoms with Gasteiger partial charge in [-0.15, -0.1) is 0 Å². The quantitative estimate of drug-likeness (QED) is 0.617. The maximum absolute atomic E-state index is 5.94. The molecule has 0 aliphatic carbocycles. The van der Waals surface area contributed by atoms with E-state index in [2.05, 4.69) is 15.9 Å². The summed E-state index contributed by atoms with van der Waals surface area (Å²) in [7, 11) is 5.65. The van der Waals surface area contributed by atoms with Crippen LogP contribution in [0.1, 0.15) is 0 Å². The van der Waals surface area contributed by atoms with Crippen molar-refractivity contribution >= 4 is 40.6 Å². The molecule has 78 valence electrons. The van der Waals surface area contributed by atoms with Crippen LogP contribution in [0.2, 0.25) is 0 Å². The Labute approximate surface area is 104 Å². The Balaban J connectivity index is 2.59. The summed E-state index contributed by atoms with van der Waals surface area (Å²) in [4.78, 5) is 0. The van der Waals surface area contributed by atoms with Gasteiger partial charge in [0, 0.05) is 27.0 Å². The van der Waals surface area contributed by atoms with Crippen molar-refractivity contribution in [3.05, 3.63) is 40.9 Å². The zero-order chi connectivity index (χ0) is 11.7. The van der Waals surface area contributed by atoms with Gasteiger partial charge in [-0.25, -0.2) is 0 Å². The van der Waals surface area contributed by atoms with Gasteiger partial charge < -0.3 is 11.5 Å². The van der Waals surface area contributed by atoms with E-state index in [-0.39, 0.29) is 0 Å². The van der Waals surface area contributed by atoms with E-state index in [9.17, 15) is 0 Å². The lowest BCUT2D eigenvalue weighted by Gasteiger charge is -2.10. The van der Waals surface area contributed by atoms with E-state index in [1.807, 2.05) is 30.3 Å². The van der Waals surface area contributed by atoms with E-state index in [1.54, 1.807) is 6.07 Å². The maximum atomic E-state index is 5.94. The molecule has 2 rings (SSSR count). The van der Waals surface area contributed by atoms with Gasteiger partial charge in [-0.05, 0) is 18.2 Å². The summed E-state index contributed by atoms with van der Waals surface area (Å²) in [6.45, 7) is 0. The molecule has 0 aliphatic heterocycles. The fourth-order valence-electron chi connectivity index (χ4n) is 1.61. The lowest BCUT2D eigenvalue weighted by molar-refractivity contribution is 1.59. The van der Waals surface area contributed by atoms with E-state index in [1.165, 1.54) is 0 Å². The molecule has 0 unspecified atom stereocenters. The van der Waals surface area contributed by atoms with Crippen LogP contribution in [0.4, 0.5) is 11.4 Å². The number of benzene rings is 2. The molecule has 0 amide bonds. The predicted molar refractivity (Wildman–Crippen MR) is 73.8 cm³/mol. The van der Waals surface area contributed by atoms with Crippen LogP contribution in [-0.4, -0.2) is 7.85 Å². The number of hydrogen-bond donors (Lipinski definition) is 2. The number of nitrogen functional groups attached to an aromatic ring is 2. The summed E-state index contributed by atoms with van der Waals surface area (Å²) < 4.78 is 0.947. The molecule has 2 aromatic rings. The van der Waals surface area contributed by atoms with Gasteiger partial charge in [-0.1, -0.05) is 39.6 Å². The molecular formula is C12H10BBrN2. The van der Waals surface area contributed by atoms with Crippen molar-refractivity contribution in [2.75, 3.05) is 11.5 Å². The van der Waals surface area contributed by atoms with Crippen LogP contribution in [0, 0.1) is 0 Å². The highest BCUT2D eigenvalue weighted by molar-refractivity contribution is 9.10. The highest BCUT2D eigenvalue weighted by atomic mass is 79.9. The molecule has 0 saturated carbocycles. The highest BCUT2D eigenvalue weighted by Gasteiger charge is 2.06. The maximum Gasteiger partial charge on any atom is 0.113 e. The summed E-state index contributed by atoms with van der Waals surface area (Å²) in [5.74, 6) is 0. The van der Waals surface area contributed by atoms with Gasteiger partial charge in [0.1, 0.15) is 7.85 Å². The zero-order valence-corrected chi connectivity index (χ0v) is 10.2. The van der Waals surface area contributed by atoms with Crippen LogP contribution in [0.5, 0.6) is 0 Å². The first kappa shape index (κ1) is 11.1. The molecule has 0 spiro atoms. The molecule has 0 aliphatic rings. The molecule has 0 bridgehead atoms. The SMILES string of the molecule is [B]c1ccc(-c2ccc(Br)cc2N)c(N)c1. The summed E-state index contributed by atoms with van der Waals surface area (Å²) >= 11 is 3.37. The van der Waals surface area contributed by atoms with Crippen molar-refractivity contribution in [2.45, 2.75) is 0 Å². The minimum atomic E-state index is 0.633. The standard InChI is InChI=1S/C12H10BBrN2/c13-7-1-3-9(11(15)5-7)10-4-2-8(14)6-12(10)16/h1-6H,15-16H2. The van der Waals surface area contributed by atoms with Gasteiger partial charge in [-0.3, -0.25) is 0 Å². The van der Waals surface area contributed by atoms with Gasteiger partial charge in [0.15, 0.2) is 0 Å². The first-order valence-corrected chi connectivity index (χ1v) is 5.57. The van der Waals surface area contributed by atoms with Crippen molar-refractivity contribution in [1.82, 2.24) is 0 Å². The smallest absolute Gasteiger partial charge is 0.113 e. The molecule has 4 N–H and O–H groups in total. The molecule has 2 aromatic carbocycles. The molecular weight excluding hydrogens is 263 g/mol. The third kappa shape index (κ3) is 2.07. The highest BCUT2D eigenvalue weighted by Crippen LogP contribution is 2.31. The third-order valence-corrected chi connectivity index (χ3v) is 2.87. The Morgan fingerprint density at radius 2 is 1.44 bits per heavy atom. The molecule has 0 fully saturated rings. The second kappa shape index (κ2) is 4.22. The summed E-state index contributed by atoms with van der Waals surface area (Å²) in [6.07, 6.45) is 0. The third-order valence-electron chi connectivity index (χ3n) is 2.38. The molecule has 2 radical (unpaired) electrons. The van der Waals surface area contributed by atoms with Crippen molar-refractivity contribution in [3.8, 4) is 11.1 Å². The number of hydrogen-bond acceptors (Lipinski definition) is 2. The minimum absolute atomic E-state index is 0.633. The average Bonchev–Trinajstić information content (AvgIpc) is 2.19. The number of nitrogens with two attached hydrogens (primary N) is 2. The second-order valence-corrected chi connectivity index (χ2v) is 4.49. The van der Waals surface area contributed by atoms with E-state index < -0.39 is 0 Å². The number of halogens is 1. The van der Waals surface area contributed by atoms with Gasteiger partial charge >= 0.3 is 0 Å². The predicted octanol–water partition coefficient (Wildman–Crippen LogP) is 2.07. The number of rotatable bonds is 1. The van der Waals surface area contributed by atoms with Gasteiger partial charge in [0.2, 0.25) is 0 Å². The van der Waals surface area contributed by atoms with Crippen LogP contribution in [-0.2, 0) is 0 Å². The van der Waals surface area contributed by atoms with E-state index in [0.29, 0.717) is 16.8 Å².